The molecule has 0 bridgehead atoms. The first-order valence-corrected chi connectivity index (χ1v) is 11.3. The van der Waals surface area contributed by atoms with Gasteiger partial charge in [0.2, 0.25) is 5.95 Å². The molecule has 0 aliphatic carbocycles. The Morgan fingerprint density at radius 3 is 2.81 bits per heavy atom. The number of benzene rings is 1. The SMILES string of the molecule is COP(=O)(O)OCCOCCn1ncc2nc(NCc3ccc(Cl)c(Cl)c3)[nH]c(=O)c21. The van der Waals surface area contributed by atoms with E-state index in [1.165, 1.54) is 10.9 Å². The number of nitrogens with zero attached hydrogens (tertiary/aromatic N) is 3. The van der Waals surface area contributed by atoms with Gasteiger partial charge in [0.25, 0.3) is 5.56 Å². The molecule has 0 aliphatic heterocycles. The zero-order valence-electron chi connectivity index (χ0n) is 16.4. The fraction of sp³-hybridized carbons (Fsp3) is 0.353. The third kappa shape index (κ3) is 6.50. The Balaban J connectivity index is 1.56. The molecule has 11 nitrogen and oxygen atoms in total. The molecule has 0 saturated heterocycles. The number of rotatable bonds is 11. The summed E-state index contributed by atoms with van der Waals surface area (Å²) in [6.45, 7) is 0.839. The van der Waals surface area contributed by atoms with Crippen molar-refractivity contribution in [2.24, 2.45) is 0 Å². The largest absolute Gasteiger partial charge is 0.471 e. The van der Waals surface area contributed by atoms with Crippen molar-refractivity contribution >= 4 is 48.0 Å². The molecule has 0 aliphatic rings. The molecule has 31 heavy (non-hydrogen) atoms. The lowest BCUT2D eigenvalue weighted by atomic mass is 10.2. The summed E-state index contributed by atoms with van der Waals surface area (Å²) in [6.07, 6.45) is 1.48. The predicted molar refractivity (Wildman–Crippen MR) is 116 cm³/mol. The van der Waals surface area contributed by atoms with Gasteiger partial charge < -0.3 is 14.9 Å². The van der Waals surface area contributed by atoms with Crippen LogP contribution in [0.4, 0.5) is 5.95 Å². The lowest BCUT2D eigenvalue weighted by Gasteiger charge is -2.09. The van der Waals surface area contributed by atoms with Crippen LogP contribution in [0.2, 0.25) is 10.0 Å². The molecule has 168 valence electrons. The number of anilines is 1. The number of phosphoric acid groups is 1. The molecule has 2 heterocycles. The van der Waals surface area contributed by atoms with Crippen LogP contribution in [0, 0.1) is 0 Å². The van der Waals surface area contributed by atoms with Crippen molar-refractivity contribution in [1.29, 1.82) is 0 Å². The Morgan fingerprint density at radius 2 is 2.06 bits per heavy atom. The Labute approximate surface area is 186 Å². The summed E-state index contributed by atoms with van der Waals surface area (Å²) in [6, 6.07) is 5.24. The van der Waals surface area contributed by atoms with Gasteiger partial charge in [-0.2, -0.15) is 5.10 Å². The topological polar surface area (TPSA) is 141 Å². The number of phosphoric ester groups is 1. The summed E-state index contributed by atoms with van der Waals surface area (Å²) in [4.78, 5) is 28.6. The van der Waals surface area contributed by atoms with Gasteiger partial charge in [-0.25, -0.2) is 9.55 Å². The maximum absolute atomic E-state index is 12.5. The number of H-pyrrole nitrogens is 1. The summed E-state index contributed by atoms with van der Waals surface area (Å²) in [5.74, 6) is 0.295. The maximum atomic E-state index is 12.5. The van der Waals surface area contributed by atoms with Gasteiger partial charge in [0, 0.05) is 13.7 Å². The second-order valence-electron chi connectivity index (χ2n) is 6.21. The minimum absolute atomic E-state index is 0.0739. The number of fused-ring (bicyclic) bond motifs is 1. The Bertz CT molecular complexity index is 1150. The quantitative estimate of drug-likeness (QED) is 0.272. The van der Waals surface area contributed by atoms with Gasteiger partial charge in [0.05, 0.1) is 42.6 Å². The minimum Gasteiger partial charge on any atom is -0.377 e. The second kappa shape index (κ2) is 10.6. The monoisotopic (exact) mass is 491 g/mol. The number of aromatic amines is 1. The Morgan fingerprint density at radius 1 is 1.26 bits per heavy atom. The summed E-state index contributed by atoms with van der Waals surface area (Å²) >= 11 is 11.9. The Hall–Kier alpha value is -1.98. The number of hydrogen-bond acceptors (Lipinski definition) is 8. The minimum atomic E-state index is -4.01. The van der Waals surface area contributed by atoms with Gasteiger partial charge in [-0.05, 0) is 17.7 Å². The van der Waals surface area contributed by atoms with E-state index in [1.54, 1.807) is 12.1 Å². The van der Waals surface area contributed by atoms with Crippen molar-refractivity contribution in [3.8, 4) is 0 Å². The smallest absolute Gasteiger partial charge is 0.377 e. The van der Waals surface area contributed by atoms with Crippen molar-refractivity contribution in [3.63, 3.8) is 0 Å². The molecule has 3 rings (SSSR count). The van der Waals surface area contributed by atoms with E-state index in [2.05, 4.69) is 29.4 Å². The number of aromatic nitrogens is 4. The van der Waals surface area contributed by atoms with Crippen LogP contribution in [0.3, 0.4) is 0 Å². The van der Waals surface area contributed by atoms with E-state index in [0.29, 0.717) is 33.6 Å². The lowest BCUT2D eigenvalue weighted by molar-refractivity contribution is 0.0764. The van der Waals surface area contributed by atoms with E-state index >= 15 is 0 Å². The first-order valence-electron chi connectivity index (χ1n) is 9.03. The molecule has 3 N–H and O–H groups in total. The fourth-order valence-corrected chi connectivity index (χ4v) is 3.34. The molecule has 0 amide bonds. The van der Waals surface area contributed by atoms with E-state index in [9.17, 15) is 9.36 Å². The highest BCUT2D eigenvalue weighted by Crippen LogP contribution is 2.41. The van der Waals surface area contributed by atoms with Gasteiger partial charge in [-0.1, -0.05) is 29.3 Å². The number of ether oxygens (including phenoxy) is 1. The lowest BCUT2D eigenvalue weighted by Crippen LogP contribution is -2.18. The molecule has 2 aromatic heterocycles. The molecule has 1 unspecified atom stereocenters. The molecule has 0 fully saturated rings. The third-order valence-corrected chi connectivity index (χ3v) is 5.81. The highest BCUT2D eigenvalue weighted by Gasteiger charge is 2.17. The normalized spacial score (nSPS) is 13.4. The molecular formula is C17H20Cl2N5O6P. The zero-order chi connectivity index (χ0) is 22.4. The molecule has 1 atom stereocenters. The van der Waals surface area contributed by atoms with E-state index in [0.717, 1.165) is 12.7 Å². The summed E-state index contributed by atoms with van der Waals surface area (Å²) in [5.41, 5.74) is 1.24. The molecule has 0 spiro atoms. The van der Waals surface area contributed by atoms with Gasteiger partial charge in [-0.15, -0.1) is 0 Å². The van der Waals surface area contributed by atoms with Gasteiger partial charge in [0.15, 0.2) is 5.52 Å². The van der Waals surface area contributed by atoms with Crippen LogP contribution < -0.4 is 10.9 Å². The fourth-order valence-electron chi connectivity index (χ4n) is 2.61. The highest BCUT2D eigenvalue weighted by atomic mass is 35.5. The maximum Gasteiger partial charge on any atom is 0.471 e. The van der Waals surface area contributed by atoms with Crippen LogP contribution in [0.25, 0.3) is 11.0 Å². The van der Waals surface area contributed by atoms with Crippen LogP contribution in [-0.2, 0) is 31.4 Å². The van der Waals surface area contributed by atoms with E-state index in [4.69, 9.17) is 32.8 Å². The molecule has 0 saturated carbocycles. The predicted octanol–water partition coefficient (Wildman–Crippen LogP) is 2.82. The number of hydrogen-bond donors (Lipinski definition) is 3. The van der Waals surface area contributed by atoms with Crippen molar-refractivity contribution in [2.45, 2.75) is 13.1 Å². The van der Waals surface area contributed by atoms with Crippen LogP contribution >= 0.6 is 31.0 Å². The average molecular weight is 492 g/mol. The van der Waals surface area contributed by atoms with Crippen LogP contribution in [0.1, 0.15) is 5.56 Å². The van der Waals surface area contributed by atoms with Crippen molar-refractivity contribution < 1.29 is 23.2 Å². The van der Waals surface area contributed by atoms with E-state index in [-0.39, 0.29) is 31.9 Å². The number of halogens is 2. The first-order chi connectivity index (χ1) is 14.8. The Kier molecular flexibility index (Phi) is 8.06. The molecule has 1 aromatic carbocycles. The van der Waals surface area contributed by atoms with E-state index in [1.807, 2.05) is 6.07 Å². The standard InChI is InChI=1S/C17H20Cl2N5O6P/c1-28-31(26,27)30-7-6-29-5-4-24-15-14(10-21-24)22-17(23-16(15)25)20-9-11-2-3-12(18)13(19)8-11/h2-3,8,10H,4-7,9H2,1H3,(H,26,27)(H2,20,22,23,25). The number of nitrogens with one attached hydrogen (secondary N) is 2. The van der Waals surface area contributed by atoms with Crippen molar-refractivity contribution in [1.82, 2.24) is 19.7 Å². The van der Waals surface area contributed by atoms with Crippen LogP contribution in [-0.4, -0.2) is 51.6 Å². The highest BCUT2D eigenvalue weighted by molar-refractivity contribution is 7.47. The second-order valence-corrected chi connectivity index (χ2v) is 8.59. The first kappa shape index (κ1) is 23.7. The third-order valence-electron chi connectivity index (χ3n) is 4.10. The molecule has 3 aromatic rings. The molecular weight excluding hydrogens is 472 g/mol. The summed E-state index contributed by atoms with van der Waals surface area (Å²) < 4.78 is 26.9. The molecule has 0 radical (unpaired) electrons. The van der Waals surface area contributed by atoms with Crippen molar-refractivity contribution in [3.05, 3.63) is 50.4 Å². The van der Waals surface area contributed by atoms with Gasteiger partial charge in [0.1, 0.15) is 5.52 Å². The average Bonchev–Trinajstić information content (AvgIpc) is 3.15. The molecule has 14 heteroatoms. The summed E-state index contributed by atoms with van der Waals surface area (Å²) in [5, 5.41) is 8.11. The van der Waals surface area contributed by atoms with Crippen LogP contribution in [0.15, 0.2) is 29.2 Å². The van der Waals surface area contributed by atoms with Crippen molar-refractivity contribution in [2.75, 3.05) is 32.2 Å². The zero-order valence-corrected chi connectivity index (χ0v) is 18.8. The van der Waals surface area contributed by atoms with Crippen LogP contribution in [0.5, 0.6) is 0 Å². The van der Waals surface area contributed by atoms with Gasteiger partial charge >= 0.3 is 7.82 Å². The van der Waals surface area contributed by atoms with Gasteiger partial charge in [-0.3, -0.25) is 23.5 Å². The van der Waals surface area contributed by atoms with E-state index < -0.39 is 7.82 Å². The summed E-state index contributed by atoms with van der Waals surface area (Å²) in [7, 11) is -2.94.